The first-order chi connectivity index (χ1) is 8.22. The Morgan fingerprint density at radius 1 is 0.941 bits per heavy atom. The third-order valence-electron chi connectivity index (χ3n) is 2.74. The average Bonchev–Trinajstić information content (AvgIpc) is 2.72. The minimum atomic E-state index is -0.229. The van der Waals surface area contributed by atoms with E-state index in [-0.39, 0.29) is 5.82 Å². The highest BCUT2D eigenvalue weighted by molar-refractivity contribution is 6.31. The van der Waals surface area contributed by atoms with E-state index in [9.17, 15) is 4.39 Å². The van der Waals surface area contributed by atoms with Gasteiger partial charge < -0.3 is 4.98 Å². The second-order valence-electron chi connectivity index (χ2n) is 3.92. The summed E-state index contributed by atoms with van der Waals surface area (Å²) < 4.78 is 12.8. The van der Waals surface area contributed by atoms with Gasteiger partial charge in [-0.1, -0.05) is 11.6 Å². The molecule has 3 aromatic rings. The molecule has 3 rings (SSSR count). The van der Waals surface area contributed by atoms with Gasteiger partial charge >= 0.3 is 0 Å². The number of aromatic nitrogens is 1. The van der Waals surface area contributed by atoms with Gasteiger partial charge in [-0.2, -0.15) is 0 Å². The maximum absolute atomic E-state index is 12.8. The van der Waals surface area contributed by atoms with Crippen LogP contribution in [0.2, 0.25) is 5.02 Å². The Labute approximate surface area is 103 Å². The lowest BCUT2D eigenvalue weighted by Crippen LogP contribution is -1.77. The second-order valence-corrected chi connectivity index (χ2v) is 4.36. The third kappa shape index (κ3) is 1.92. The Hall–Kier alpha value is -1.80. The molecule has 0 aliphatic rings. The zero-order valence-electron chi connectivity index (χ0n) is 8.87. The highest BCUT2D eigenvalue weighted by Gasteiger charge is 2.03. The van der Waals surface area contributed by atoms with Gasteiger partial charge in [-0.25, -0.2) is 4.39 Å². The average molecular weight is 246 g/mol. The SMILES string of the molecule is Fc1ccc(-c2cc3cc(Cl)ccc3[nH]2)cc1. The summed E-state index contributed by atoms with van der Waals surface area (Å²) in [5, 5.41) is 1.76. The molecule has 0 radical (unpaired) electrons. The Morgan fingerprint density at radius 2 is 1.71 bits per heavy atom. The first-order valence-electron chi connectivity index (χ1n) is 5.26. The van der Waals surface area contributed by atoms with E-state index in [0.29, 0.717) is 5.02 Å². The van der Waals surface area contributed by atoms with Crippen molar-refractivity contribution < 1.29 is 4.39 Å². The van der Waals surface area contributed by atoms with Gasteiger partial charge in [0.25, 0.3) is 0 Å². The van der Waals surface area contributed by atoms with Crippen LogP contribution in [0, 0.1) is 5.82 Å². The number of hydrogen-bond donors (Lipinski definition) is 1. The molecule has 0 saturated heterocycles. The molecule has 17 heavy (non-hydrogen) atoms. The van der Waals surface area contributed by atoms with E-state index in [4.69, 9.17) is 11.6 Å². The van der Waals surface area contributed by atoms with Gasteiger partial charge in [0.05, 0.1) is 0 Å². The van der Waals surface area contributed by atoms with Crippen LogP contribution < -0.4 is 0 Å². The van der Waals surface area contributed by atoms with Crippen LogP contribution in [0.25, 0.3) is 22.2 Å². The lowest BCUT2D eigenvalue weighted by molar-refractivity contribution is 0.628. The van der Waals surface area contributed by atoms with Crippen molar-refractivity contribution in [3.8, 4) is 11.3 Å². The summed E-state index contributed by atoms with van der Waals surface area (Å²) in [6.45, 7) is 0. The molecule has 1 heterocycles. The van der Waals surface area contributed by atoms with Crippen molar-refractivity contribution in [2.45, 2.75) is 0 Å². The van der Waals surface area contributed by atoms with Crippen molar-refractivity contribution in [3.63, 3.8) is 0 Å². The summed E-state index contributed by atoms with van der Waals surface area (Å²) in [6, 6.07) is 14.1. The van der Waals surface area contributed by atoms with Gasteiger partial charge in [0.15, 0.2) is 0 Å². The van der Waals surface area contributed by atoms with Crippen LogP contribution in [-0.4, -0.2) is 4.98 Å². The van der Waals surface area contributed by atoms with Crippen LogP contribution in [-0.2, 0) is 0 Å². The van der Waals surface area contributed by atoms with Crippen molar-refractivity contribution in [1.29, 1.82) is 0 Å². The summed E-state index contributed by atoms with van der Waals surface area (Å²) in [7, 11) is 0. The van der Waals surface area contributed by atoms with Crippen LogP contribution >= 0.6 is 11.6 Å². The standard InChI is InChI=1S/C14H9ClFN/c15-11-3-6-13-10(7-11)8-14(17-13)9-1-4-12(16)5-2-9/h1-8,17H. The smallest absolute Gasteiger partial charge is 0.123 e. The van der Waals surface area contributed by atoms with Crippen LogP contribution in [0.15, 0.2) is 48.5 Å². The number of nitrogens with one attached hydrogen (secondary N) is 1. The Morgan fingerprint density at radius 3 is 2.47 bits per heavy atom. The molecule has 2 aromatic carbocycles. The Kier molecular flexibility index (Phi) is 2.37. The lowest BCUT2D eigenvalue weighted by Gasteiger charge is -1.96. The predicted molar refractivity (Wildman–Crippen MR) is 68.7 cm³/mol. The highest BCUT2D eigenvalue weighted by atomic mass is 35.5. The van der Waals surface area contributed by atoms with E-state index in [0.717, 1.165) is 22.2 Å². The number of halogens is 2. The molecule has 0 saturated carbocycles. The molecule has 1 nitrogen and oxygen atoms in total. The monoisotopic (exact) mass is 245 g/mol. The van der Waals surface area contributed by atoms with E-state index in [1.807, 2.05) is 24.3 Å². The van der Waals surface area contributed by atoms with Crippen molar-refractivity contribution in [1.82, 2.24) is 4.98 Å². The van der Waals surface area contributed by atoms with Crippen molar-refractivity contribution >= 4 is 22.5 Å². The molecule has 0 spiro atoms. The summed E-state index contributed by atoms with van der Waals surface area (Å²) in [5.41, 5.74) is 2.94. The fraction of sp³-hybridized carbons (Fsp3) is 0. The Bertz CT molecular complexity index is 670. The second kappa shape index (κ2) is 3.90. The molecule has 0 atom stereocenters. The number of H-pyrrole nitrogens is 1. The quantitative estimate of drug-likeness (QED) is 0.644. The summed E-state index contributed by atoms with van der Waals surface area (Å²) in [4.78, 5) is 3.28. The molecule has 84 valence electrons. The summed E-state index contributed by atoms with van der Waals surface area (Å²) in [5.74, 6) is -0.229. The van der Waals surface area contributed by atoms with Crippen LogP contribution in [0.4, 0.5) is 4.39 Å². The summed E-state index contributed by atoms with van der Waals surface area (Å²) in [6.07, 6.45) is 0. The van der Waals surface area contributed by atoms with Gasteiger partial charge in [0.2, 0.25) is 0 Å². The topological polar surface area (TPSA) is 15.8 Å². The fourth-order valence-electron chi connectivity index (χ4n) is 1.89. The molecule has 0 unspecified atom stereocenters. The first-order valence-corrected chi connectivity index (χ1v) is 5.64. The number of aromatic amines is 1. The molecule has 0 amide bonds. The number of rotatable bonds is 1. The van der Waals surface area contributed by atoms with E-state index < -0.39 is 0 Å². The highest BCUT2D eigenvalue weighted by Crippen LogP contribution is 2.26. The third-order valence-corrected chi connectivity index (χ3v) is 2.97. The molecule has 0 aliphatic heterocycles. The molecule has 0 aliphatic carbocycles. The fourth-order valence-corrected chi connectivity index (χ4v) is 2.07. The van der Waals surface area contributed by atoms with Crippen LogP contribution in [0.5, 0.6) is 0 Å². The maximum atomic E-state index is 12.8. The normalized spacial score (nSPS) is 10.9. The van der Waals surface area contributed by atoms with Crippen molar-refractivity contribution in [2.24, 2.45) is 0 Å². The zero-order chi connectivity index (χ0) is 11.8. The van der Waals surface area contributed by atoms with Gasteiger partial charge in [-0.15, -0.1) is 0 Å². The van der Waals surface area contributed by atoms with Crippen molar-refractivity contribution in [3.05, 3.63) is 59.4 Å². The number of benzene rings is 2. The molecule has 0 bridgehead atoms. The predicted octanol–water partition coefficient (Wildman–Crippen LogP) is 4.63. The molecular weight excluding hydrogens is 237 g/mol. The molecule has 3 heteroatoms. The van der Waals surface area contributed by atoms with E-state index in [1.165, 1.54) is 12.1 Å². The Balaban J connectivity index is 2.14. The van der Waals surface area contributed by atoms with E-state index >= 15 is 0 Å². The largest absolute Gasteiger partial charge is 0.355 e. The van der Waals surface area contributed by atoms with Crippen molar-refractivity contribution in [2.75, 3.05) is 0 Å². The summed E-state index contributed by atoms with van der Waals surface area (Å²) >= 11 is 5.93. The van der Waals surface area contributed by atoms with Gasteiger partial charge in [0, 0.05) is 21.6 Å². The van der Waals surface area contributed by atoms with Crippen LogP contribution in [0.3, 0.4) is 0 Å². The molecular formula is C14H9ClFN. The van der Waals surface area contributed by atoms with Gasteiger partial charge in [-0.3, -0.25) is 0 Å². The lowest BCUT2D eigenvalue weighted by atomic mass is 10.1. The van der Waals surface area contributed by atoms with Gasteiger partial charge in [-0.05, 0) is 54.1 Å². The van der Waals surface area contributed by atoms with E-state index in [2.05, 4.69) is 4.98 Å². The maximum Gasteiger partial charge on any atom is 0.123 e. The van der Waals surface area contributed by atoms with E-state index in [1.54, 1.807) is 12.1 Å². The van der Waals surface area contributed by atoms with Crippen LogP contribution in [0.1, 0.15) is 0 Å². The van der Waals surface area contributed by atoms with Gasteiger partial charge in [0.1, 0.15) is 5.82 Å². The molecule has 0 fully saturated rings. The first kappa shape index (κ1) is 10.4. The number of hydrogen-bond acceptors (Lipinski definition) is 0. The molecule has 1 N–H and O–H groups in total. The number of fused-ring (bicyclic) bond motifs is 1. The molecule has 1 aromatic heterocycles. The zero-order valence-corrected chi connectivity index (χ0v) is 9.63. The minimum absolute atomic E-state index is 0.229. The minimum Gasteiger partial charge on any atom is -0.355 e.